The number of H-pyrrole nitrogens is 1. The van der Waals surface area contributed by atoms with E-state index in [2.05, 4.69) is 23.8 Å². The molecule has 0 aliphatic carbocycles. The largest absolute Gasteiger partial charge is 0.351 e. The fraction of sp³-hybridized carbons (Fsp3) is 0.556. The van der Waals surface area contributed by atoms with E-state index >= 15 is 0 Å². The van der Waals surface area contributed by atoms with Gasteiger partial charge in [-0.2, -0.15) is 0 Å². The molecule has 0 spiro atoms. The van der Waals surface area contributed by atoms with E-state index in [0.717, 1.165) is 12.1 Å². The Hall–Kier alpha value is -0.790. The number of hydrogen-bond donors (Lipinski definition) is 1. The molecule has 0 saturated carbocycles. The maximum absolute atomic E-state index is 3.86. The number of unbranched alkanes of at least 4 members (excludes halogenated alkanes) is 2. The molecule has 0 aliphatic heterocycles. The molecule has 0 aliphatic rings. The molecule has 0 fully saturated rings. The van der Waals surface area contributed by atoms with Gasteiger partial charge in [0.05, 0.1) is 12.0 Å². The highest BCUT2D eigenvalue weighted by atomic mass is 14.8. The predicted octanol–water partition coefficient (Wildman–Crippen LogP) is 2.73. The number of nitrogens with one attached hydrogen (secondary N) is 1. The van der Waals surface area contributed by atoms with E-state index < -0.39 is 0 Å². The Balaban J connectivity index is 0.000000187. The van der Waals surface area contributed by atoms with Gasteiger partial charge in [0.1, 0.15) is 0 Å². The molecule has 1 rings (SSSR count). The molecular formula is C9H17N2. The fourth-order valence-electron chi connectivity index (χ4n) is 0.584. The summed E-state index contributed by atoms with van der Waals surface area (Å²) in [6.07, 6.45) is 7.16. The zero-order valence-electron chi connectivity index (χ0n) is 7.43. The summed E-state index contributed by atoms with van der Waals surface area (Å²) in [5, 5.41) is 0. The lowest BCUT2D eigenvalue weighted by molar-refractivity contribution is 0.813. The van der Waals surface area contributed by atoms with Crippen LogP contribution in [-0.4, -0.2) is 9.97 Å². The number of hydrogen-bond acceptors (Lipinski definition) is 1. The molecule has 0 unspecified atom stereocenters. The van der Waals surface area contributed by atoms with Crippen LogP contribution in [0, 0.1) is 13.8 Å². The van der Waals surface area contributed by atoms with Gasteiger partial charge in [-0.1, -0.05) is 33.1 Å². The van der Waals surface area contributed by atoms with Gasteiger partial charge in [-0.05, 0) is 6.92 Å². The Morgan fingerprint density at radius 3 is 2.45 bits per heavy atom. The minimum absolute atomic E-state index is 1.04. The third-order valence-corrected chi connectivity index (χ3v) is 1.24. The SMILES string of the molecule is Cc1c[nH]cn1.[CH2]CCCC. The molecule has 0 bridgehead atoms. The summed E-state index contributed by atoms with van der Waals surface area (Å²) in [7, 11) is 0. The first-order valence-electron chi connectivity index (χ1n) is 4.05. The zero-order chi connectivity index (χ0) is 8.53. The second-order valence-electron chi connectivity index (χ2n) is 2.42. The molecule has 0 saturated heterocycles. The Morgan fingerprint density at radius 2 is 2.36 bits per heavy atom. The van der Waals surface area contributed by atoms with Crippen molar-refractivity contribution in [3.8, 4) is 0 Å². The summed E-state index contributed by atoms with van der Waals surface area (Å²) < 4.78 is 0. The first-order valence-corrected chi connectivity index (χ1v) is 4.05. The van der Waals surface area contributed by atoms with E-state index in [1.807, 2.05) is 13.1 Å². The number of imidazole rings is 1. The van der Waals surface area contributed by atoms with E-state index in [4.69, 9.17) is 0 Å². The van der Waals surface area contributed by atoms with Crippen molar-refractivity contribution < 1.29 is 0 Å². The monoisotopic (exact) mass is 153 g/mol. The van der Waals surface area contributed by atoms with Crippen LogP contribution in [0.5, 0.6) is 0 Å². The molecule has 0 amide bonds. The average Bonchev–Trinajstić information content (AvgIpc) is 2.43. The molecule has 2 nitrogen and oxygen atoms in total. The van der Waals surface area contributed by atoms with Crippen molar-refractivity contribution in [2.24, 2.45) is 0 Å². The molecule has 1 radical (unpaired) electrons. The van der Waals surface area contributed by atoms with Crippen molar-refractivity contribution in [3.63, 3.8) is 0 Å². The summed E-state index contributed by atoms with van der Waals surface area (Å²) in [5.74, 6) is 0. The lowest BCUT2D eigenvalue weighted by Crippen LogP contribution is -1.59. The summed E-state index contributed by atoms with van der Waals surface area (Å²) in [5.41, 5.74) is 1.04. The van der Waals surface area contributed by atoms with Crippen molar-refractivity contribution in [2.45, 2.75) is 33.1 Å². The molecule has 1 heterocycles. The Bertz CT molecular complexity index is 143. The first kappa shape index (κ1) is 10.2. The number of rotatable bonds is 2. The van der Waals surface area contributed by atoms with Crippen LogP contribution in [0.4, 0.5) is 0 Å². The topological polar surface area (TPSA) is 28.7 Å². The maximum atomic E-state index is 3.86. The van der Waals surface area contributed by atoms with Crippen molar-refractivity contribution >= 4 is 0 Å². The summed E-state index contributed by atoms with van der Waals surface area (Å²) in [4.78, 5) is 6.68. The van der Waals surface area contributed by atoms with Gasteiger partial charge in [0.25, 0.3) is 0 Å². The smallest absolute Gasteiger partial charge is 0.0922 e. The molecule has 2 heteroatoms. The summed E-state index contributed by atoms with van der Waals surface area (Å²) >= 11 is 0. The van der Waals surface area contributed by atoms with Gasteiger partial charge in [-0.25, -0.2) is 4.98 Å². The number of aromatic nitrogens is 2. The van der Waals surface area contributed by atoms with Gasteiger partial charge in [0.15, 0.2) is 0 Å². The van der Waals surface area contributed by atoms with Crippen LogP contribution in [0.1, 0.15) is 31.9 Å². The number of nitrogens with zero attached hydrogens (tertiary/aromatic N) is 1. The first-order chi connectivity index (χ1) is 5.31. The number of aromatic amines is 1. The van der Waals surface area contributed by atoms with Gasteiger partial charge in [-0.15, -0.1) is 0 Å². The van der Waals surface area contributed by atoms with E-state index in [-0.39, 0.29) is 0 Å². The normalized spacial score (nSPS) is 8.64. The molecule has 0 atom stereocenters. The van der Waals surface area contributed by atoms with Gasteiger partial charge in [0.2, 0.25) is 0 Å². The van der Waals surface area contributed by atoms with Gasteiger partial charge >= 0.3 is 0 Å². The molecular weight excluding hydrogens is 136 g/mol. The molecule has 1 N–H and O–H groups in total. The third-order valence-electron chi connectivity index (χ3n) is 1.24. The van der Waals surface area contributed by atoms with E-state index in [9.17, 15) is 0 Å². The molecule has 0 aromatic carbocycles. The molecule has 11 heavy (non-hydrogen) atoms. The lowest BCUT2D eigenvalue weighted by atomic mass is 10.3. The van der Waals surface area contributed by atoms with Gasteiger partial charge < -0.3 is 4.98 Å². The van der Waals surface area contributed by atoms with Crippen LogP contribution >= 0.6 is 0 Å². The Morgan fingerprint density at radius 1 is 1.64 bits per heavy atom. The minimum Gasteiger partial charge on any atom is -0.351 e. The van der Waals surface area contributed by atoms with Crippen LogP contribution in [0.25, 0.3) is 0 Å². The second-order valence-corrected chi connectivity index (χ2v) is 2.42. The maximum Gasteiger partial charge on any atom is 0.0922 e. The highest BCUT2D eigenvalue weighted by Crippen LogP contribution is 1.87. The Labute approximate surface area is 69.1 Å². The van der Waals surface area contributed by atoms with Crippen molar-refractivity contribution in [2.75, 3.05) is 0 Å². The second kappa shape index (κ2) is 7.32. The highest BCUT2D eigenvalue weighted by molar-refractivity contribution is 4.87. The van der Waals surface area contributed by atoms with Crippen LogP contribution in [0.3, 0.4) is 0 Å². The van der Waals surface area contributed by atoms with Gasteiger partial charge in [-0.3, -0.25) is 0 Å². The Kier molecular flexibility index (Phi) is 6.79. The van der Waals surface area contributed by atoms with Crippen molar-refractivity contribution in [1.29, 1.82) is 0 Å². The highest BCUT2D eigenvalue weighted by Gasteiger charge is 1.74. The average molecular weight is 153 g/mol. The molecule has 1 aromatic rings. The third kappa shape index (κ3) is 7.10. The van der Waals surface area contributed by atoms with Crippen molar-refractivity contribution in [3.05, 3.63) is 25.1 Å². The summed E-state index contributed by atoms with van der Waals surface area (Å²) in [6.45, 7) is 7.79. The molecule has 63 valence electrons. The molecule has 1 aromatic heterocycles. The van der Waals surface area contributed by atoms with E-state index in [1.165, 1.54) is 12.8 Å². The standard InChI is InChI=1S/C5H11.C4H6N2/c1-3-5-4-2;1-4-2-5-3-6-4/h1,3-5H2,2H3;2-3H,1H3,(H,5,6). The van der Waals surface area contributed by atoms with Gasteiger partial charge in [0, 0.05) is 6.20 Å². The van der Waals surface area contributed by atoms with E-state index in [0.29, 0.717) is 0 Å². The van der Waals surface area contributed by atoms with E-state index in [1.54, 1.807) is 6.33 Å². The van der Waals surface area contributed by atoms with Crippen LogP contribution < -0.4 is 0 Å². The fourth-order valence-corrected chi connectivity index (χ4v) is 0.584. The van der Waals surface area contributed by atoms with Crippen LogP contribution in [-0.2, 0) is 0 Å². The summed E-state index contributed by atoms with van der Waals surface area (Å²) in [6, 6.07) is 0. The lowest BCUT2D eigenvalue weighted by Gasteiger charge is -1.79. The number of aryl methyl sites for hydroxylation is 1. The zero-order valence-corrected chi connectivity index (χ0v) is 7.43. The van der Waals surface area contributed by atoms with Crippen LogP contribution in [0.15, 0.2) is 12.5 Å². The minimum atomic E-state index is 1.04. The predicted molar refractivity (Wildman–Crippen MR) is 48.2 cm³/mol. The van der Waals surface area contributed by atoms with Crippen LogP contribution in [0.2, 0.25) is 0 Å². The van der Waals surface area contributed by atoms with Crippen molar-refractivity contribution in [1.82, 2.24) is 9.97 Å². The quantitative estimate of drug-likeness (QED) is 0.695.